The first-order valence-corrected chi connectivity index (χ1v) is 11.2. The molecule has 0 radical (unpaired) electrons. The molecule has 0 aliphatic carbocycles. The van der Waals surface area contributed by atoms with Crippen molar-refractivity contribution in [1.82, 2.24) is 20.4 Å². The molecule has 1 saturated heterocycles. The highest BCUT2D eigenvalue weighted by atomic mass is 127. The Hall–Kier alpha value is -1.58. The number of halogens is 1. The van der Waals surface area contributed by atoms with Crippen LogP contribution >= 0.6 is 24.0 Å². The summed E-state index contributed by atoms with van der Waals surface area (Å²) in [5, 5.41) is 6.97. The number of aliphatic imine (C=N–C) groups is 1. The van der Waals surface area contributed by atoms with Crippen LogP contribution in [0.5, 0.6) is 0 Å². The monoisotopic (exact) mass is 539 g/mol. The van der Waals surface area contributed by atoms with E-state index in [1.807, 2.05) is 13.1 Å². The van der Waals surface area contributed by atoms with Gasteiger partial charge in [0.15, 0.2) is 5.96 Å². The number of hydrogen-bond acceptors (Lipinski definition) is 4. The number of rotatable bonds is 9. The highest BCUT2D eigenvalue weighted by Crippen LogP contribution is 2.24. The third-order valence-corrected chi connectivity index (χ3v) is 5.83. The first-order valence-electron chi connectivity index (χ1n) is 11.2. The maximum Gasteiger partial charge on any atom is 0.191 e. The van der Waals surface area contributed by atoms with Crippen LogP contribution in [-0.2, 0) is 13.1 Å². The van der Waals surface area contributed by atoms with E-state index in [-0.39, 0.29) is 30.0 Å². The van der Waals surface area contributed by atoms with Gasteiger partial charge in [0.1, 0.15) is 5.76 Å². The van der Waals surface area contributed by atoms with E-state index in [0.717, 1.165) is 51.0 Å². The van der Waals surface area contributed by atoms with E-state index < -0.39 is 0 Å². The van der Waals surface area contributed by atoms with Crippen molar-refractivity contribution in [3.05, 3.63) is 59.5 Å². The molecule has 0 amide bonds. The van der Waals surface area contributed by atoms with Crippen LogP contribution in [0.25, 0.3) is 0 Å². The smallest absolute Gasteiger partial charge is 0.191 e. The van der Waals surface area contributed by atoms with Crippen molar-refractivity contribution >= 4 is 29.9 Å². The van der Waals surface area contributed by atoms with Gasteiger partial charge in [0.05, 0.1) is 12.3 Å². The van der Waals surface area contributed by atoms with Crippen LogP contribution in [0, 0.1) is 0 Å². The van der Waals surface area contributed by atoms with Gasteiger partial charge in [0, 0.05) is 26.7 Å². The molecular weight excluding hydrogens is 501 g/mol. The molecule has 0 saturated carbocycles. The average Bonchev–Trinajstić information content (AvgIpc) is 3.31. The largest absolute Gasteiger partial charge is 0.468 e. The normalized spacial score (nSPS) is 16.1. The van der Waals surface area contributed by atoms with Gasteiger partial charge in [-0.25, -0.2) is 0 Å². The molecule has 172 valence electrons. The van der Waals surface area contributed by atoms with Gasteiger partial charge in [-0.05, 0) is 62.8 Å². The first-order chi connectivity index (χ1) is 14.7. The lowest BCUT2D eigenvalue weighted by molar-refractivity contribution is 0.146. The summed E-state index contributed by atoms with van der Waals surface area (Å²) < 4.78 is 5.75. The van der Waals surface area contributed by atoms with Gasteiger partial charge >= 0.3 is 0 Å². The number of guanidine groups is 1. The number of nitrogens with zero attached hydrogens (tertiary/aromatic N) is 3. The molecule has 1 aliphatic heterocycles. The van der Waals surface area contributed by atoms with Gasteiger partial charge in [-0.15, -0.1) is 24.0 Å². The second-order valence-electron chi connectivity index (χ2n) is 8.08. The second kappa shape index (κ2) is 13.8. The first kappa shape index (κ1) is 25.7. The highest BCUT2D eigenvalue weighted by Gasteiger charge is 2.24. The van der Waals surface area contributed by atoms with Gasteiger partial charge in [0.2, 0.25) is 0 Å². The second-order valence-corrected chi connectivity index (χ2v) is 8.08. The number of likely N-dealkylation sites (tertiary alicyclic amines) is 1. The van der Waals surface area contributed by atoms with Gasteiger partial charge in [-0.3, -0.25) is 9.89 Å². The minimum atomic E-state index is 0. The van der Waals surface area contributed by atoms with Crippen LogP contribution in [0.3, 0.4) is 0 Å². The Balaban J connectivity index is 0.00000341. The maximum atomic E-state index is 5.75. The van der Waals surface area contributed by atoms with Crippen LogP contribution in [0.4, 0.5) is 0 Å². The molecule has 0 bridgehead atoms. The van der Waals surface area contributed by atoms with E-state index in [9.17, 15) is 0 Å². The van der Waals surface area contributed by atoms with E-state index in [1.165, 1.54) is 30.4 Å². The quantitative estimate of drug-likeness (QED) is 0.284. The van der Waals surface area contributed by atoms with E-state index in [2.05, 4.69) is 69.7 Å². The van der Waals surface area contributed by atoms with Crippen molar-refractivity contribution in [3.8, 4) is 0 Å². The number of benzene rings is 1. The third kappa shape index (κ3) is 8.12. The van der Waals surface area contributed by atoms with Crippen molar-refractivity contribution < 1.29 is 4.42 Å². The Morgan fingerprint density at radius 2 is 1.90 bits per heavy atom. The molecule has 1 unspecified atom stereocenters. The Morgan fingerprint density at radius 3 is 2.58 bits per heavy atom. The molecule has 1 atom stereocenters. The van der Waals surface area contributed by atoms with Crippen molar-refractivity contribution in [2.24, 2.45) is 4.99 Å². The lowest BCUT2D eigenvalue weighted by Crippen LogP contribution is -2.44. The van der Waals surface area contributed by atoms with Crippen LogP contribution in [-0.4, -0.2) is 56.0 Å². The van der Waals surface area contributed by atoms with Crippen LogP contribution in [0.15, 0.2) is 52.1 Å². The third-order valence-electron chi connectivity index (χ3n) is 5.83. The standard InChI is InChI=1S/C24H37N5O.HI/c1-4-28(3)19-21-11-8-10-20(16-21)17-26-24(25-2)27-18-22(23-12-9-15-30-23)29-13-6-5-7-14-29;/h8-12,15-16,22H,4-7,13-14,17-19H2,1-3H3,(H2,25,26,27);1H. The summed E-state index contributed by atoms with van der Waals surface area (Å²) in [5.41, 5.74) is 2.60. The van der Waals surface area contributed by atoms with Crippen LogP contribution in [0.1, 0.15) is 49.1 Å². The summed E-state index contributed by atoms with van der Waals surface area (Å²) in [6, 6.07) is 13.0. The minimum absolute atomic E-state index is 0. The van der Waals surface area contributed by atoms with Crippen LogP contribution < -0.4 is 10.6 Å². The summed E-state index contributed by atoms with van der Waals surface area (Å²) in [5.74, 6) is 1.84. The predicted octanol–water partition coefficient (Wildman–Crippen LogP) is 4.24. The fourth-order valence-corrected chi connectivity index (χ4v) is 3.98. The molecule has 1 fully saturated rings. The van der Waals surface area contributed by atoms with E-state index in [4.69, 9.17) is 4.42 Å². The van der Waals surface area contributed by atoms with E-state index in [0.29, 0.717) is 0 Å². The molecule has 2 heterocycles. The summed E-state index contributed by atoms with van der Waals surface area (Å²) >= 11 is 0. The van der Waals surface area contributed by atoms with Crippen molar-refractivity contribution in [3.63, 3.8) is 0 Å². The summed E-state index contributed by atoms with van der Waals surface area (Å²) in [6.45, 7) is 7.97. The molecule has 31 heavy (non-hydrogen) atoms. The fourth-order valence-electron chi connectivity index (χ4n) is 3.98. The van der Waals surface area contributed by atoms with Crippen molar-refractivity contribution in [2.45, 2.75) is 45.3 Å². The number of nitrogens with one attached hydrogen (secondary N) is 2. The lowest BCUT2D eigenvalue weighted by Gasteiger charge is -2.33. The van der Waals surface area contributed by atoms with Gasteiger partial charge in [-0.2, -0.15) is 0 Å². The zero-order valence-electron chi connectivity index (χ0n) is 19.1. The average molecular weight is 540 g/mol. The van der Waals surface area contributed by atoms with Crippen molar-refractivity contribution in [2.75, 3.05) is 40.3 Å². The minimum Gasteiger partial charge on any atom is -0.468 e. The molecule has 0 spiro atoms. The number of furan rings is 1. The zero-order valence-corrected chi connectivity index (χ0v) is 21.5. The zero-order chi connectivity index (χ0) is 21.2. The van der Waals surface area contributed by atoms with Crippen molar-refractivity contribution in [1.29, 1.82) is 0 Å². The Morgan fingerprint density at radius 1 is 1.13 bits per heavy atom. The number of piperidine rings is 1. The predicted molar refractivity (Wildman–Crippen MR) is 139 cm³/mol. The Kier molecular flexibility index (Phi) is 11.4. The molecular formula is C24H38IN5O. The van der Waals surface area contributed by atoms with Gasteiger partial charge in [-0.1, -0.05) is 37.6 Å². The van der Waals surface area contributed by atoms with Crippen LogP contribution in [0.2, 0.25) is 0 Å². The summed E-state index contributed by atoms with van der Waals surface area (Å²) in [4.78, 5) is 9.25. The van der Waals surface area contributed by atoms with E-state index >= 15 is 0 Å². The molecule has 2 aromatic rings. The molecule has 1 aromatic carbocycles. The summed E-state index contributed by atoms with van der Waals surface area (Å²) in [7, 11) is 3.97. The molecule has 2 N–H and O–H groups in total. The Labute approximate surface area is 204 Å². The molecule has 6 nitrogen and oxygen atoms in total. The van der Waals surface area contributed by atoms with Gasteiger partial charge < -0.3 is 20.0 Å². The van der Waals surface area contributed by atoms with E-state index in [1.54, 1.807) is 6.26 Å². The molecule has 1 aromatic heterocycles. The van der Waals surface area contributed by atoms with Gasteiger partial charge in [0.25, 0.3) is 0 Å². The lowest BCUT2D eigenvalue weighted by atomic mass is 10.1. The molecule has 7 heteroatoms. The Bertz CT molecular complexity index is 774. The number of hydrogen-bond donors (Lipinski definition) is 2. The SMILES string of the molecule is CCN(C)Cc1cccc(CNC(=NC)NCC(c2ccco2)N2CCCCC2)c1.I. The molecule has 3 rings (SSSR count). The topological polar surface area (TPSA) is 56.0 Å². The molecule has 1 aliphatic rings. The highest BCUT2D eigenvalue weighted by molar-refractivity contribution is 14.0. The maximum absolute atomic E-state index is 5.75. The fraction of sp³-hybridized carbons (Fsp3) is 0.542. The summed E-state index contributed by atoms with van der Waals surface area (Å²) in [6.07, 6.45) is 5.61.